The average molecular weight is 320 g/mol. The molecule has 0 radical (unpaired) electrons. The Morgan fingerprint density at radius 1 is 1.43 bits per heavy atom. The summed E-state index contributed by atoms with van der Waals surface area (Å²) in [5.41, 5.74) is 0.487. The first kappa shape index (κ1) is 17.7. The molecular weight excluding hydrogens is 292 g/mol. The van der Waals surface area contributed by atoms with Crippen molar-refractivity contribution in [3.63, 3.8) is 0 Å². The van der Waals surface area contributed by atoms with E-state index in [1.54, 1.807) is 11.1 Å². The van der Waals surface area contributed by atoms with E-state index in [9.17, 15) is 4.79 Å². The fraction of sp³-hybridized carbons (Fsp3) is 0.667. The van der Waals surface area contributed by atoms with Crippen LogP contribution in [0.4, 0.5) is 4.79 Å². The quantitative estimate of drug-likeness (QED) is 0.846. The Balaban J connectivity index is 1.81. The van der Waals surface area contributed by atoms with Crippen LogP contribution in [-0.2, 0) is 9.47 Å². The summed E-state index contributed by atoms with van der Waals surface area (Å²) < 4.78 is 11.4. The molecule has 1 aromatic heterocycles. The van der Waals surface area contributed by atoms with Crippen molar-refractivity contribution in [2.75, 3.05) is 19.7 Å². The van der Waals surface area contributed by atoms with Crippen LogP contribution in [0.2, 0.25) is 0 Å². The third-order valence-electron chi connectivity index (χ3n) is 3.86. The topological polar surface area (TPSA) is 51.7 Å². The monoisotopic (exact) mass is 320 g/mol. The van der Waals surface area contributed by atoms with Gasteiger partial charge in [-0.25, -0.2) is 4.79 Å². The van der Waals surface area contributed by atoms with Gasteiger partial charge in [-0.3, -0.25) is 4.98 Å². The lowest BCUT2D eigenvalue weighted by Gasteiger charge is -2.34. The minimum Gasteiger partial charge on any atom is -0.444 e. The number of amides is 1. The molecule has 1 aliphatic heterocycles. The normalized spacial score (nSPS) is 20.2. The van der Waals surface area contributed by atoms with Crippen molar-refractivity contribution in [1.82, 2.24) is 9.88 Å². The second-order valence-electron chi connectivity index (χ2n) is 7.16. The van der Waals surface area contributed by atoms with Gasteiger partial charge < -0.3 is 14.4 Å². The average Bonchev–Trinajstić information content (AvgIpc) is 2.52. The molecule has 2 rings (SSSR count). The van der Waals surface area contributed by atoms with Crippen molar-refractivity contribution >= 4 is 6.09 Å². The van der Waals surface area contributed by atoms with Gasteiger partial charge in [0.25, 0.3) is 0 Å². The van der Waals surface area contributed by atoms with Gasteiger partial charge in [0.05, 0.1) is 18.4 Å². The summed E-state index contributed by atoms with van der Waals surface area (Å²) in [6.45, 7) is 9.79. The van der Waals surface area contributed by atoms with E-state index in [2.05, 4.69) is 4.98 Å². The van der Waals surface area contributed by atoms with Gasteiger partial charge in [0.15, 0.2) is 0 Å². The van der Waals surface area contributed by atoms with Crippen LogP contribution in [0.5, 0.6) is 0 Å². The molecule has 23 heavy (non-hydrogen) atoms. The molecular formula is C18H28N2O3. The predicted octanol–water partition coefficient (Wildman–Crippen LogP) is 3.81. The molecule has 0 bridgehead atoms. The molecule has 1 amide bonds. The largest absolute Gasteiger partial charge is 0.444 e. The van der Waals surface area contributed by atoms with Crippen LogP contribution in [0.25, 0.3) is 0 Å². The molecule has 0 aliphatic carbocycles. The van der Waals surface area contributed by atoms with Crippen molar-refractivity contribution in [3.8, 4) is 0 Å². The van der Waals surface area contributed by atoms with Gasteiger partial charge in [0.2, 0.25) is 0 Å². The summed E-state index contributed by atoms with van der Waals surface area (Å²) in [5, 5.41) is 0. The van der Waals surface area contributed by atoms with Gasteiger partial charge >= 0.3 is 6.09 Å². The maximum absolute atomic E-state index is 12.2. The third kappa shape index (κ3) is 5.82. The Labute approximate surface area is 139 Å². The van der Waals surface area contributed by atoms with E-state index in [0.717, 1.165) is 25.1 Å². The van der Waals surface area contributed by atoms with Crippen molar-refractivity contribution in [2.24, 2.45) is 5.92 Å². The molecule has 0 aromatic carbocycles. The molecule has 2 atom stereocenters. The van der Waals surface area contributed by atoms with E-state index in [0.29, 0.717) is 19.1 Å². The standard InChI is InChI=1S/C18H28N2O3/c1-14(16-9-5-6-10-19-16)22-13-15-8-7-11-20(12-15)17(21)23-18(2,3)4/h5-6,9-10,14-15H,7-8,11-13H2,1-4H3/t14-,15+/m0/s1. The van der Waals surface area contributed by atoms with Crippen molar-refractivity contribution in [1.29, 1.82) is 0 Å². The van der Waals surface area contributed by atoms with Crippen LogP contribution in [0.1, 0.15) is 52.3 Å². The van der Waals surface area contributed by atoms with Crippen molar-refractivity contribution in [3.05, 3.63) is 30.1 Å². The number of rotatable bonds is 4. The minimum absolute atomic E-state index is 0.0342. The Kier molecular flexibility index (Phi) is 5.99. The van der Waals surface area contributed by atoms with E-state index in [1.165, 1.54) is 0 Å². The van der Waals surface area contributed by atoms with Crippen LogP contribution in [0, 0.1) is 5.92 Å². The van der Waals surface area contributed by atoms with Gasteiger partial charge in [-0.1, -0.05) is 6.07 Å². The van der Waals surface area contributed by atoms with Crippen LogP contribution < -0.4 is 0 Å². The Bertz CT molecular complexity index is 499. The van der Waals surface area contributed by atoms with Gasteiger partial charge in [0, 0.05) is 25.2 Å². The first-order valence-electron chi connectivity index (χ1n) is 8.35. The van der Waals surface area contributed by atoms with Gasteiger partial charge in [-0.15, -0.1) is 0 Å². The second kappa shape index (κ2) is 7.77. The molecule has 2 heterocycles. The van der Waals surface area contributed by atoms with Crippen LogP contribution in [0.3, 0.4) is 0 Å². The third-order valence-corrected chi connectivity index (χ3v) is 3.86. The summed E-state index contributed by atoms with van der Waals surface area (Å²) in [5.74, 6) is 0.349. The molecule has 1 fully saturated rings. The molecule has 1 aliphatic rings. The van der Waals surface area contributed by atoms with Gasteiger partial charge in [0.1, 0.15) is 5.60 Å². The molecule has 5 nitrogen and oxygen atoms in total. The SMILES string of the molecule is C[C@H](OC[C@@H]1CCCN(C(=O)OC(C)(C)C)C1)c1ccccn1. The molecule has 5 heteroatoms. The van der Waals surface area contributed by atoms with Gasteiger partial charge in [-0.05, 0) is 52.7 Å². The maximum Gasteiger partial charge on any atom is 0.410 e. The Hall–Kier alpha value is -1.62. The number of piperidine rings is 1. The molecule has 0 N–H and O–H groups in total. The molecule has 1 saturated heterocycles. The number of carbonyl (C=O) groups is 1. The van der Waals surface area contributed by atoms with E-state index in [1.807, 2.05) is 45.9 Å². The highest BCUT2D eigenvalue weighted by molar-refractivity contribution is 5.68. The number of hydrogen-bond donors (Lipinski definition) is 0. The summed E-state index contributed by atoms with van der Waals surface area (Å²) in [6.07, 6.45) is 3.59. The zero-order valence-corrected chi connectivity index (χ0v) is 14.6. The molecule has 0 saturated carbocycles. The van der Waals surface area contributed by atoms with E-state index >= 15 is 0 Å². The number of likely N-dealkylation sites (tertiary alicyclic amines) is 1. The molecule has 1 aromatic rings. The summed E-state index contributed by atoms with van der Waals surface area (Å²) in [4.78, 5) is 18.3. The zero-order chi connectivity index (χ0) is 16.9. The summed E-state index contributed by atoms with van der Waals surface area (Å²) >= 11 is 0. The number of carbonyl (C=O) groups excluding carboxylic acids is 1. The lowest BCUT2D eigenvalue weighted by Crippen LogP contribution is -2.43. The molecule has 128 valence electrons. The number of aromatic nitrogens is 1. The van der Waals surface area contributed by atoms with Crippen molar-refractivity contribution in [2.45, 2.75) is 52.2 Å². The van der Waals surface area contributed by atoms with E-state index < -0.39 is 5.60 Å². The summed E-state index contributed by atoms with van der Waals surface area (Å²) in [6, 6.07) is 5.83. The fourth-order valence-corrected chi connectivity index (χ4v) is 2.68. The maximum atomic E-state index is 12.2. The first-order valence-corrected chi connectivity index (χ1v) is 8.35. The van der Waals surface area contributed by atoms with Crippen LogP contribution >= 0.6 is 0 Å². The number of nitrogens with zero attached hydrogens (tertiary/aromatic N) is 2. The minimum atomic E-state index is -0.450. The number of pyridine rings is 1. The van der Waals surface area contributed by atoms with E-state index in [-0.39, 0.29) is 12.2 Å². The van der Waals surface area contributed by atoms with Crippen LogP contribution in [-0.4, -0.2) is 41.3 Å². The second-order valence-corrected chi connectivity index (χ2v) is 7.16. The summed E-state index contributed by atoms with van der Waals surface area (Å²) in [7, 11) is 0. The van der Waals surface area contributed by atoms with Gasteiger partial charge in [-0.2, -0.15) is 0 Å². The van der Waals surface area contributed by atoms with Crippen molar-refractivity contribution < 1.29 is 14.3 Å². The Morgan fingerprint density at radius 3 is 2.87 bits per heavy atom. The van der Waals surface area contributed by atoms with E-state index in [4.69, 9.17) is 9.47 Å². The highest BCUT2D eigenvalue weighted by Gasteiger charge is 2.28. The fourth-order valence-electron chi connectivity index (χ4n) is 2.68. The molecule has 0 unspecified atom stereocenters. The number of ether oxygens (including phenoxy) is 2. The highest BCUT2D eigenvalue weighted by Crippen LogP contribution is 2.22. The predicted molar refractivity (Wildman–Crippen MR) is 89.1 cm³/mol. The zero-order valence-electron chi connectivity index (χ0n) is 14.6. The highest BCUT2D eigenvalue weighted by atomic mass is 16.6. The van der Waals surface area contributed by atoms with Crippen LogP contribution in [0.15, 0.2) is 24.4 Å². The first-order chi connectivity index (χ1) is 10.8. The Morgan fingerprint density at radius 2 is 2.22 bits per heavy atom. The lowest BCUT2D eigenvalue weighted by atomic mass is 9.99. The lowest BCUT2D eigenvalue weighted by molar-refractivity contribution is -0.00461. The smallest absolute Gasteiger partial charge is 0.410 e. The number of hydrogen-bond acceptors (Lipinski definition) is 4. The molecule has 0 spiro atoms.